The third-order valence-electron chi connectivity index (χ3n) is 3.75. The fraction of sp³-hybridized carbons (Fsp3) is 0.600. The molecule has 1 fully saturated rings. The van der Waals surface area contributed by atoms with E-state index < -0.39 is 12.5 Å². The molecule has 0 unspecified atom stereocenters. The maximum Gasteiger partial charge on any atom is 0.461 e. The summed E-state index contributed by atoms with van der Waals surface area (Å²) in [5.41, 5.74) is 0.656. The van der Waals surface area contributed by atoms with Crippen molar-refractivity contribution in [2.45, 2.75) is 25.0 Å². The lowest BCUT2D eigenvalue weighted by molar-refractivity contribution is -0.253. The van der Waals surface area contributed by atoms with Gasteiger partial charge in [0.2, 0.25) is 0 Å². The molecule has 1 aliphatic heterocycles. The molecular weight excluding hydrogens is 352 g/mol. The molecule has 0 radical (unpaired) electrons. The Hall–Kier alpha value is -1.09. The lowest BCUT2D eigenvalue weighted by Gasteiger charge is -2.35. The summed E-state index contributed by atoms with van der Waals surface area (Å²) < 4.78 is 54.7. The zero-order chi connectivity index (χ0) is 16.9. The summed E-state index contributed by atoms with van der Waals surface area (Å²) in [4.78, 5) is 2.12. The minimum atomic E-state index is -4.53. The molecule has 1 aromatic carbocycles. The topological polar surface area (TPSA) is 44.7 Å². The summed E-state index contributed by atoms with van der Waals surface area (Å²) in [5, 5.41) is 12.5. The van der Waals surface area contributed by atoms with Gasteiger partial charge in [0, 0.05) is 38.8 Å². The van der Waals surface area contributed by atoms with Crippen LogP contribution in [-0.2, 0) is 0 Å². The lowest BCUT2D eigenvalue weighted by Crippen LogP contribution is -2.45. The van der Waals surface area contributed by atoms with Gasteiger partial charge in [-0.05, 0) is 24.1 Å². The van der Waals surface area contributed by atoms with Crippen molar-refractivity contribution in [1.29, 1.82) is 0 Å². The highest BCUT2D eigenvalue weighted by Crippen LogP contribution is 2.31. The molecule has 0 spiro atoms. The van der Waals surface area contributed by atoms with Crippen LogP contribution in [0.1, 0.15) is 18.0 Å². The van der Waals surface area contributed by atoms with Crippen molar-refractivity contribution < 1.29 is 27.4 Å². The molecule has 1 aromatic rings. The number of hydrogen-bond acceptors (Lipinski definition) is 4. The van der Waals surface area contributed by atoms with E-state index in [4.69, 9.17) is 0 Å². The second-order valence-electron chi connectivity index (χ2n) is 5.35. The van der Waals surface area contributed by atoms with Gasteiger partial charge in [0.1, 0.15) is 5.75 Å². The second kappa shape index (κ2) is 9.41. The van der Waals surface area contributed by atoms with Gasteiger partial charge in [-0.15, -0.1) is 12.4 Å². The molecule has 138 valence electrons. The monoisotopic (exact) mass is 372 g/mol. The van der Waals surface area contributed by atoms with Crippen molar-refractivity contribution in [2.75, 3.05) is 32.8 Å². The molecule has 1 heterocycles. The lowest BCUT2D eigenvalue weighted by atomic mass is 10.0. The van der Waals surface area contributed by atoms with Gasteiger partial charge < -0.3 is 15.2 Å². The molecule has 9 heteroatoms. The van der Waals surface area contributed by atoms with E-state index in [0.29, 0.717) is 12.0 Å². The zero-order valence-electron chi connectivity index (χ0n) is 12.9. The minimum Gasteiger partial charge on any atom is -0.428 e. The van der Waals surface area contributed by atoms with Crippen molar-refractivity contribution in [1.82, 2.24) is 10.2 Å². The van der Waals surface area contributed by atoms with Gasteiger partial charge >= 0.3 is 12.5 Å². The Morgan fingerprint density at radius 3 is 2.50 bits per heavy atom. The molecule has 0 saturated carbocycles. The third-order valence-corrected chi connectivity index (χ3v) is 3.75. The number of piperazine rings is 1. The number of hydrogen-bond donors (Lipinski definition) is 2. The van der Waals surface area contributed by atoms with Crippen LogP contribution < -0.4 is 10.1 Å². The first kappa shape index (κ1) is 21.0. The van der Waals surface area contributed by atoms with Gasteiger partial charge in [-0.2, -0.15) is 17.6 Å². The Kier molecular flexibility index (Phi) is 8.21. The molecule has 1 saturated heterocycles. The fourth-order valence-corrected chi connectivity index (χ4v) is 2.66. The molecule has 1 aliphatic rings. The summed E-state index contributed by atoms with van der Waals surface area (Å²) >= 11 is 0. The second-order valence-corrected chi connectivity index (χ2v) is 5.35. The van der Waals surface area contributed by atoms with Gasteiger partial charge in [-0.3, -0.25) is 4.90 Å². The van der Waals surface area contributed by atoms with Crippen molar-refractivity contribution >= 4 is 12.4 Å². The highest BCUT2D eigenvalue weighted by molar-refractivity contribution is 5.85. The van der Waals surface area contributed by atoms with E-state index in [1.165, 1.54) is 18.2 Å². The van der Waals surface area contributed by atoms with Crippen LogP contribution in [-0.4, -0.2) is 55.3 Å². The fourth-order valence-electron chi connectivity index (χ4n) is 2.66. The zero-order valence-corrected chi connectivity index (χ0v) is 13.7. The van der Waals surface area contributed by atoms with Crippen molar-refractivity contribution in [3.05, 3.63) is 29.8 Å². The first-order valence-electron chi connectivity index (χ1n) is 7.44. The predicted molar refractivity (Wildman–Crippen MR) is 84.2 cm³/mol. The molecule has 0 amide bonds. The number of ether oxygens (including phenoxy) is 1. The van der Waals surface area contributed by atoms with Crippen LogP contribution in [0.5, 0.6) is 5.75 Å². The molecule has 2 rings (SSSR count). The van der Waals surface area contributed by atoms with Gasteiger partial charge in [-0.1, -0.05) is 12.1 Å². The Morgan fingerprint density at radius 2 is 1.92 bits per heavy atom. The average molecular weight is 373 g/mol. The van der Waals surface area contributed by atoms with E-state index in [2.05, 4.69) is 15.0 Å². The Bertz CT molecular complexity index is 502. The molecule has 0 bridgehead atoms. The largest absolute Gasteiger partial charge is 0.461 e. The maximum absolute atomic E-state index is 13.0. The number of nitrogens with one attached hydrogen (secondary N) is 1. The van der Waals surface area contributed by atoms with E-state index in [-0.39, 0.29) is 30.8 Å². The van der Waals surface area contributed by atoms with Crippen LogP contribution in [0.25, 0.3) is 0 Å². The van der Waals surface area contributed by atoms with Crippen LogP contribution in [0.3, 0.4) is 0 Å². The Morgan fingerprint density at radius 1 is 1.25 bits per heavy atom. The first-order valence-corrected chi connectivity index (χ1v) is 7.44. The standard InChI is InChI=1S/C15H20F4N2O2.ClH/c16-14(17)15(18,19)23-12-3-1-2-11(10-12)13(4-9-22)21-7-5-20-6-8-21;/h1-3,10,13-14,20,22H,4-9H2;1H/t13-;/m1./s1. The number of aliphatic hydroxyl groups excluding tert-OH is 1. The van der Waals surface area contributed by atoms with Crippen LogP contribution >= 0.6 is 12.4 Å². The number of halogens is 5. The predicted octanol–water partition coefficient (Wildman–Crippen LogP) is 2.67. The number of nitrogens with zero attached hydrogens (tertiary/aromatic N) is 1. The molecular formula is C15H21ClF4N2O2. The highest BCUT2D eigenvalue weighted by Gasteiger charge is 2.44. The third kappa shape index (κ3) is 5.47. The maximum atomic E-state index is 13.0. The van der Waals surface area contributed by atoms with Gasteiger partial charge in [0.25, 0.3) is 0 Å². The normalized spacial score (nSPS) is 17.4. The summed E-state index contributed by atoms with van der Waals surface area (Å²) in [6, 6.07) is 5.58. The quantitative estimate of drug-likeness (QED) is 0.722. The van der Waals surface area contributed by atoms with Crippen molar-refractivity contribution in [3.8, 4) is 5.75 Å². The number of rotatable bonds is 7. The molecule has 0 aliphatic carbocycles. The molecule has 0 aromatic heterocycles. The molecule has 24 heavy (non-hydrogen) atoms. The van der Waals surface area contributed by atoms with Crippen LogP contribution in [0.15, 0.2) is 24.3 Å². The van der Waals surface area contributed by atoms with Gasteiger partial charge in [0.15, 0.2) is 0 Å². The van der Waals surface area contributed by atoms with Crippen LogP contribution in [0.2, 0.25) is 0 Å². The van der Waals surface area contributed by atoms with Crippen molar-refractivity contribution in [2.24, 2.45) is 0 Å². The van der Waals surface area contributed by atoms with E-state index in [1.54, 1.807) is 6.07 Å². The Labute approximate surface area is 144 Å². The SMILES string of the molecule is Cl.OCC[C@H](c1cccc(OC(F)(F)C(F)F)c1)N1CCNCC1. The number of aliphatic hydroxyl groups is 1. The van der Waals surface area contributed by atoms with E-state index in [1.807, 2.05) is 0 Å². The number of alkyl halides is 4. The molecule has 2 N–H and O–H groups in total. The summed E-state index contributed by atoms with van der Waals surface area (Å²) in [6.45, 7) is 3.03. The smallest absolute Gasteiger partial charge is 0.428 e. The van der Waals surface area contributed by atoms with E-state index in [0.717, 1.165) is 26.2 Å². The van der Waals surface area contributed by atoms with E-state index in [9.17, 15) is 22.7 Å². The summed E-state index contributed by atoms with van der Waals surface area (Å²) in [6.07, 6.45) is -8.00. The average Bonchev–Trinajstić information content (AvgIpc) is 2.53. The Balaban J connectivity index is 0.00000288. The van der Waals surface area contributed by atoms with E-state index >= 15 is 0 Å². The summed E-state index contributed by atoms with van der Waals surface area (Å²) in [5.74, 6) is -0.314. The first-order chi connectivity index (χ1) is 10.9. The molecule has 1 atom stereocenters. The molecule has 4 nitrogen and oxygen atoms in total. The number of benzene rings is 1. The van der Waals surface area contributed by atoms with Crippen LogP contribution in [0.4, 0.5) is 17.6 Å². The highest BCUT2D eigenvalue weighted by atomic mass is 35.5. The minimum absolute atomic E-state index is 0. The van der Waals surface area contributed by atoms with Crippen LogP contribution in [0, 0.1) is 0 Å². The van der Waals surface area contributed by atoms with Gasteiger partial charge in [0.05, 0.1) is 0 Å². The summed E-state index contributed by atoms with van der Waals surface area (Å²) in [7, 11) is 0. The van der Waals surface area contributed by atoms with Crippen molar-refractivity contribution in [3.63, 3.8) is 0 Å². The van der Waals surface area contributed by atoms with Gasteiger partial charge in [-0.25, -0.2) is 0 Å².